The highest BCUT2D eigenvalue weighted by molar-refractivity contribution is 5.76. The Hall–Kier alpha value is -2.33. The maximum absolute atomic E-state index is 12.4. The number of amides is 1. The fraction of sp³-hybridized carbons (Fsp3) is 0.381. The van der Waals surface area contributed by atoms with E-state index in [0.717, 1.165) is 25.3 Å². The SMILES string of the molecule is CCN(Cc1ccccc1)C(=O)CCNCCc1cccc(OC)c1. The minimum absolute atomic E-state index is 0.195. The number of hydrogen-bond acceptors (Lipinski definition) is 3. The summed E-state index contributed by atoms with van der Waals surface area (Å²) >= 11 is 0. The van der Waals surface area contributed by atoms with Crippen LogP contribution in [0, 0.1) is 0 Å². The van der Waals surface area contributed by atoms with Gasteiger partial charge in [0.15, 0.2) is 0 Å². The molecule has 0 aromatic heterocycles. The molecule has 4 heteroatoms. The second-order valence-corrected chi connectivity index (χ2v) is 6.00. The summed E-state index contributed by atoms with van der Waals surface area (Å²) in [7, 11) is 1.68. The average molecular weight is 340 g/mol. The normalized spacial score (nSPS) is 10.5. The summed E-state index contributed by atoms with van der Waals surface area (Å²) in [6, 6.07) is 18.2. The number of methoxy groups -OCH3 is 1. The van der Waals surface area contributed by atoms with Crippen molar-refractivity contribution in [2.24, 2.45) is 0 Å². The van der Waals surface area contributed by atoms with E-state index >= 15 is 0 Å². The van der Waals surface area contributed by atoms with Gasteiger partial charge in [-0.05, 0) is 43.1 Å². The van der Waals surface area contributed by atoms with Gasteiger partial charge < -0.3 is 15.0 Å². The number of hydrogen-bond donors (Lipinski definition) is 1. The number of nitrogens with one attached hydrogen (secondary N) is 1. The third-order valence-corrected chi connectivity index (χ3v) is 4.19. The molecule has 2 aromatic carbocycles. The molecule has 2 aromatic rings. The Morgan fingerprint density at radius 3 is 2.52 bits per heavy atom. The van der Waals surface area contributed by atoms with E-state index in [4.69, 9.17) is 4.74 Å². The first-order valence-corrected chi connectivity index (χ1v) is 8.88. The van der Waals surface area contributed by atoms with Crippen molar-refractivity contribution >= 4 is 5.91 Å². The zero-order chi connectivity index (χ0) is 17.9. The molecule has 25 heavy (non-hydrogen) atoms. The van der Waals surface area contributed by atoms with Crippen LogP contribution >= 0.6 is 0 Å². The Morgan fingerprint density at radius 1 is 1.04 bits per heavy atom. The lowest BCUT2D eigenvalue weighted by Gasteiger charge is -2.21. The van der Waals surface area contributed by atoms with Gasteiger partial charge in [-0.25, -0.2) is 0 Å². The van der Waals surface area contributed by atoms with Gasteiger partial charge in [-0.1, -0.05) is 42.5 Å². The van der Waals surface area contributed by atoms with E-state index < -0.39 is 0 Å². The van der Waals surface area contributed by atoms with Crippen molar-refractivity contribution in [3.63, 3.8) is 0 Å². The average Bonchev–Trinajstić information content (AvgIpc) is 2.66. The van der Waals surface area contributed by atoms with Gasteiger partial charge in [0.2, 0.25) is 5.91 Å². The Balaban J connectivity index is 1.68. The molecular formula is C21H28N2O2. The smallest absolute Gasteiger partial charge is 0.224 e. The lowest BCUT2D eigenvalue weighted by molar-refractivity contribution is -0.131. The molecule has 134 valence electrons. The van der Waals surface area contributed by atoms with Crippen LogP contribution in [0.4, 0.5) is 0 Å². The first kappa shape index (κ1) is 19.0. The zero-order valence-electron chi connectivity index (χ0n) is 15.2. The molecule has 0 fully saturated rings. The van der Waals surface area contributed by atoms with Crippen LogP contribution < -0.4 is 10.1 Å². The van der Waals surface area contributed by atoms with Crippen LogP contribution in [0.2, 0.25) is 0 Å². The third kappa shape index (κ3) is 6.59. The van der Waals surface area contributed by atoms with E-state index in [-0.39, 0.29) is 5.91 Å². The molecule has 0 atom stereocenters. The van der Waals surface area contributed by atoms with Crippen molar-refractivity contribution in [1.82, 2.24) is 10.2 Å². The van der Waals surface area contributed by atoms with Crippen LogP contribution in [0.15, 0.2) is 54.6 Å². The fourth-order valence-corrected chi connectivity index (χ4v) is 2.72. The Morgan fingerprint density at radius 2 is 1.80 bits per heavy atom. The topological polar surface area (TPSA) is 41.6 Å². The van der Waals surface area contributed by atoms with E-state index in [1.54, 1.807) is 7.11 Å². The van der Waals surface area contributed by atoms with Gasteiger partial charge >= 0.3 is 0 Å². The molecule has 0 unspecified atom stereocenters. The summed E-state index contributed by atoms with van der Waals surface area (Å²) in [5, 5.41) is 3.36. The molecule has 0 bridgehead atoms. The van der Waals surface area contributed by atoms with E-state index in [9.17, 15) is 4.79 Å². The molecule has 0 radical (unpaired) electrons. The zero-order valence-corrected chi connectivity index (χ0v) is 15.2. The van der Waals surface area contributed by atoms with Crippen molar-refractivity contribution in [3.8, 4) is 5.75 Å². The van der Waals surface area contributed by atoms with Crippen molar-refractivity contribution in [2.45, 2.75) is 26.3 Å². The number of rotatable bonds is 10. The number of carbonyl (C=O) groups is 1. The number of carbonyl (C=O) groups excluding carboxylic acids is 1. The molecule has 0 saturated carbocycles. The molecule has 4 nitrogen and oxygen atoms in total. The number of benzene rings is 2. The fourth-order valence-electron chi connectivity index (χ4n) is 2.72. The van der Waals surface area contributed by atoms with Crippen LogP contribution in [0.25, 0.3) is 0 Å². The summed E-state index contributed by atoms with van der Waals surface area (Å²) < 4.78 is 5.23. The second kappa shape index (κ2) is 10.5. The minimum atomic E-state index is 0.195. The maximum atomic E-state index is 12.4. The summed E-state index contributed by atoms with van der Waals surface area (Å²) in [6.45, 7) is 4.99. The maximum Gasteiger partial charge on any atom is 0.224 e. The Kier molecular flexibility index (Phi) is 7.99. The van der Waals surface area contributed by atoms with Crippen LogP contribution in [-0.2, 0) is 17.8 Å². The van der Waals surface area contributed by atoms with Gasteiger partial charge in [-0.15, -0.1) is 0 Å². The lowest BCUT2D eigenvalue weighted by Crippen LogP contribution is -2.33. The highest BCUT2D eigenvalue weighted by atomic mass is 16.5. The van der Waals surface area contributed by atoms with Crippen molar-refractivity contribution in [3.05, 3.63) is 65.7 Å². The molecule has 0 spiro atoms. The van der Waals surface area contributed by atoms with Crippen LogP contribution in [0.3, 0.4) is 0 Å². The minimum Gasteiger partial charge on any atom is -0.497 e. The van der Waals surface area contributed by atoms with Gasteiger partial charge in [0.25, 0.3) is 0 Å². The monoisotopic (exact) mass is 340 g/mol. The largest absolute Gasteiger partial charge is 0.497 e. The van der Waals surface area contributed by atoms with E-state index in [2.05, 4.69) is 23.5 Å². The van der Waals surface area contributed by atoms with Crippen LogP contribution in [0.1, 0.15) is 24.5 Å². The van der Waals surface area contributed by atoms with E-state index in [1.165, 1.54) is 11.1 Å². The molecule has 0 aliphatic heterocycles. The molecular weight excluding hydrogens is 312 g/mol. The standard InChI is InChI=1S/C21H28N2O2/c1-3-23(17-19-8-5-4-6-9-19)21(24)13-15-22-14-12-18-10-7-11-20(16-18)25-2/h4-11,16,22H,3,12-15,17H2,1-2H3. The highest BCUT2D eigenvalue weighted by Crippen LogP contribution is 2.12. The van der Waals surface area contributed by atoms with Crippen LogP contribution in [-0.4, -0.2) is 37.6 Å². The van der Waals surface area contributed by atoms with Gasteiger partial charge in [-0.2, -0.15) is 0 Å². The Bertz CT molecular complexity index is 643. The number of nitrogens with zero attached hydrogens (tertiary/aromatic N) is 1. The van der Waals surface area contributed by atoms with Crippen molar-refractivity contribution < 1.29 is 9.53 Å². The first-order valence-electron chi connectivity index (χ1n) is 8.88. The Labute approximate surface area is 150 Å². The van der Waals surface area contributed by atoms with Gasteiger partial charge in [0.05, 0.1) is 7.11 Å². The molecule has 0 saturated heterocycles. The molecule has 2 rings (SSSR count). The molecule has 0 aliphatic carbocycles. The first-order chi connectivity index (χ1) is 12.2. The van der Waals surface area contributed by atoms with E-state index in [1.807, 2.05) is 48.2 Å². The van der Waals surface area contributed by atoms with Crippen molar-refractivity contribution in [1.29, 1.82) is 0 Å². The van der Waals surface area contributed by atoms with E-state index in [0.29, 0.717) is 19.5 Å². The second-order valence-electron chi connectivity index (χ2n) is 6.00. The summed E-state index contributed by atoms with van der Waals surface area (Å²) in [4.78, 5) is 14.3. The van der Waals surface area contributed by atoms with Crippen LogP contribution in [0.5, 0.6) is 5.75 Å². The van der Waals surface area contributed by atoms with Gasteiger partial charge in [0, 0.05) is 26.1 Å². The van der Waals surface area contributed by atoms with Gasteiger partial charge in [0.1, 0.15) is 5.75 Å². The number of ether oxygens (including phenoxy) is 1. The van der Waals surface area contributed by atoms with Gasteiger partial charge in [-0.3, -0.25) is 4.79 Å². The predicted molar refractivity (Wildman–Crippen MR) is 102 cm³/mol. The third-order valence-electron chi connectivity index (χ3n) is 4.19. The van der Waals surface area contributed by atoms with Crippen molar-refractivity contribution in [2.75, 3.05) is 26.7 Å². The predicted octanol–water partition coefficient (Wildman–Crippen LogP) is 3.27. The molecule has 0 aliphatic rings. The summed E-state index contributed by atoms with van der Waals surface area (Å²) in [5.41, 5.74) is 2.40. The molecule has 0 heterocycles. The molecule has 1 N–H and O–H groups in total. The highest BCUT2D eigenvalue weighted by Gasteiger charge is 2.11. The lowest BCUT2D eigenvalue weighted by atomic mass is 10.1. The quantitative estimate of drug-likeness (QED) is 0.675. The summed E-state index contributed by atoms with van der Waals surface area (Å²) in [6.07, 6.45) is 1.45. The molecule has 1 amide bonds. The summed E-state index contributed by atoms with van der Waals surface area (Å²) in [5.74, 6) is 1.08.